The molecule has 1 aliphatic heterocycles. The molecule has 0 aliphatic carbocycles. The normalized spacial score (nSPS) is 14.0. The average Bonchev–Trinajstić information content (AvgIpc) is 3.48. The zero-order valence-corrected chi connectivity index (χ0v) is 23.8. The summed E-state index contributed by atoms with van der Waals surface area (Å²) in [6.45, 7) is 1.15. The Morgan fingerprint density at radius 3 is 2.17 bits per heavy atom. The summed E-state index contributed by atoms with van der Waals surface area (Å²) in [7, 11) is 3.83. The minimum absolute atomic E-state index is 0.150. The van der Waals surface area contributed by atoms with Crippen LogP contribution in [0.5, 0.6) is 11.5 Å². The quantitative estimate of drug-likeness (QED) is 0.261. The van der Waals surface area contributed by atoms with Crippen molar-refractivity contribution < 1.29 is 69.2 Å². The molecule has 0 radical (unpaired) electrons. The van der Waals surface area contributed by atoms with Crippen LogP contribution in [0.2, 0.25) is 0 Å². The van der Waals surface area contributed by atoms with Crippen molar-refractivity contribution in [3.63, 3.8) is 0 Å². The highest BCUT2D eigenvalue weighted by molar-refractivity contribution is 5.95. The lowest BCUT2D eigenvalue weighted by Crippen LogP contribution is -2.33. The van der Waals surface area contributed by atoms with Crippen molar-refractivity contribution in [2.24, 2.45) is 5.92 Å². The molecule has 4 rings (SSSR count). The van der Waals surface area contributed by atoms with Crippen molar-refractivity contribution >= 4 is 23.5 Å². The maximum absolute atomic E-state index is 14.9. The number of carbonyl (C=O) groups excluding carboxylic acids is 1. The number of nitrogens with one attached hydrogen (secondary N) is 2. The van der Waals surface area contributed by atoms with E-state index in [1.165, 1.54) is 24.4 Å². The molecule has 1 atom stereocenters. The zero-order valence-electron chi connectivity index (χ0n) is 23.8. The number of likely N-dealkylation sites (N-methyl/N-ethyl adjacent to an activating group) is 1. The number of amides is 1. The van der Waals surface area contributed by atoms with E-state index in [1.807, 2.05) is 19.0 Å². The first-order valence-electron chi connectivity index (χ1n) is 12.7. The molecule has 0 saturated heterocycles. The molecule has 4 N–H and O–H groups in total. The molecule has 1 amide bonds. The minimum atomic E-state index is -5.08. The van der Waals surface area contributed by atoms with Crippen molar-refractivity contribution in [2.75, 3.05) is 39.2 Å². The highest BCUT2D eigenvalue weighted by Gasteiger charge is 2.39. The molecule has 1 unspecified atom stereocenters. The standard InChI is InChI=1S/C23H24F2N4O3.2C2HF3O2/c1-29(2)5-6-31-22-9-18(16-11-26-27-12-16)19(25)10-20(22)28-23(30)15-7-14-8-17(24)3-4-21(14)32-13-15;2*3-2(4,5)1(6)7/h3-4,8-12,15H,5-7,13H2,1-2H3,(H,26,27)(H,28,30);2*(H,6,7). The first kappa shape index (κ1) is 37.2. The Balaban J connectivity index is 0.000000440. The number of rotatable bonds is 7. The van der Waals surface area contributed by atoms with E-state index in [0.29, 0.717) is 47.8 Å². The van der Waals surface area contributed by atoms with Gasteiger partial charge in [0.1, 0.15) is 36.3 Å². The SMILES string of the molecule is CN(C)CCOc1cc(-c2cn[nH]c2)c(F)cc1NC(=O)C1COc2ccc(F)cc2C1.O=C(O)C(F)(F)F.O=C(O)C(F)(F)F. The first-order chi connectivity index (χ1) is 21.3. The largest absolute Gasteiger partial charge is 0.492 e. The number of alkyl halides is 6. The topological polar surface area (TPSA) is 154 Å². The van der Waals surface area contributed by atoms with Crippen molar-refractivity contribution in [3.05, 3.63) is 59.9 Å². The molecular weight excluding hydrogens is 644 g/mol. The molecule has 252 valence electrons. The van der Waals surface area contributed by atoms with Crippen LogP contribution in [0.1, 0.15) is 5.56 Å². The molecule has 11 nitrogen and oxygen atoms in total. The third-order valence-corrected chi connectivity index (χ3v) is 5.72. The molecule has 3 aromatic rings. The lowest BCUT2D eigenvalue weighted by atomic mass is 9.95. The van der Waals surface area contributed by atoms with E-state index in [9.17, 15) is 39.9 Å². The number of fused-ring (bicyclic) bond motifs is 1. The molecule has 1 aliphatic rings. The number of aromatic nitrogens is 2. The minimum Gasteiger partial charge on any atom is -0.492 e. The molecule has 1 aromatic heterocycles. The van der Waals surface area contributed by atoms with Crippen LogP contribution in [-0.2, 0) is 20.8 Å². The molecule has 2 aromatic carbocycles. The molecule has 19 heteroatoms. The van der Waals surface area contributed by atoms with Crippen molar-refractivity contribution in [1.82, 2.24) is 15.1 Å². The number of aromatic amines is 1. The van der Waals surface area contributed by atoms with Gasteiger partial charge in [-0.05, 0) is 50.3 Å². The number of aliphatic carboxylic acids is 2. The van der Waals surface area contributed by atoms with Gasteiger partial charge in [0.15, 0.2) is 0 Å². The van der Waals surface area contributed by atoms with Crippen LogP contribution in [-0.4, -0.2) is 89.4 Å². The van der Waals surface area contributed by atoms with Crippen LogP contribution in [0.25, 0.3) is 11.1 Å². The van der Waals surface area contributed by atoms with Crippen LogP contribution < -0.4 is 14.8 Å². The molecular formula is C27H26F8N4O7. The van der Waals surface area contributed by atoms with Crippen molar-refractivity contribution in [2.45, 2.75) is 18.8 Å². The molecule has 0 bridgehead atoms. The number of carboxylic acid groups (broad SMARTS) is 2. The van der Waals surface area contributed by atoms with Crippen molar-refractivity contribution in [1.29, 1.82) is 0 Å². The van der Waals surface area contributed by atoms with Gasteiger partial charge in [-0.25, -0.2) is 18.4 Å². The molecule has 0 fully saturated rings. The van der Waals surface area contributed by atoms with Gasteiger partial charge in [0.2, 0.25) is 5.91 Å². The Hall–Kier alpha value is -4.94. The lowest BCUT2D eigenvalue weighted by Gasteiger charge is -2.25. The number of nitrogens with zero attached hydrogens (tertiary/aromatic N) is 2. The predicted octanol–water partition coefficient (Wildman–Crippen LogP) is 4.75. The summed E-state index contributed by atoms with van der Waals surface area (Å²) in [6, 6.07) is 7.03. The summed E-state index contributed by atoms with van der Waals surface area (Å²) >= 11 is 0. The van der Waals surface area contributed by atoms with E-state index in [-0.39, 0.29) is 24.0 Å². The van der Waals surface area contributed by atoms with E-state index in [4.69, 9.17) is 29.3 Å². The van der Waals surface area contributed by atoms with Gasteiger partial charge in [0.05, 0.1) is 17.8 Å². The second-order valence-corrected chi connectivity index (χ2v) is 9.53. The summed E-state index contributed by atoms with van der Waals surface area (Å²) < 4.78 is 103. The van der Waals surface area contributed by atoms with Gasteiger partial charge in [-0.2, -0.15) is 31.4 Å². The molecule has 0 saturated carbocycles. The van der Waals surface area contributed by atoms with Crippen LogP contribution in [0.4, 0.5) is 40.8 Å². The van der Waals surface area contributed by atoms with E-state index in [2.05, 4.69) is 15.5 Å². The fourth-order valence-electron chi connectivity index (χ4n) is 3.49. The third kappa shape index (κ3) is 11.5. The molecule has 2 heterocycles. The van der Waals surface area contributed by atoms with E-state index in [0.717, 1.165) is 0 Å². The number of H-pyrrole nitrogens is 1. The summed E-state index contributed by atoms with van der Waals surface area (Å²) in [5.74, 6) is -6.40. The number of hydrogen-bond donors (Lipinski definition) is 4. The molecule has 46 heavy (non-hydrogen) atoms. The summed E-state index contributed by atoms with van der Waals surface area (Å²) in [5, 5.41) is 23.5. The highest BCUT2D eigenvalue weighted by atomic mass is 19.4. The van der Waals surface area contributed by atoms with Gasteiger partial charge in [-0.3, -0.25) is 9.89 Å². The Kier molecular flexibility index (Phi) is 12.8. The third-order valence-electron chi connectivity index (χ3n) is 5.72. The fraction of sp³-hybridized carbons (Fsp3) is 0.333. The van der Waals surface area contributed by atoms with Gasteiger partial charge < -0.3 is 29.9 Å². The number of anilines is 1. The number of ether oxygens (including phenoxy) is 2. The summed E-state index contributed by atoms with van der Waals surface area (Å²) in [4.78, 5) is 32.7. The Bertz CT molecular complexity index is 1470. The van der Waals surface area contributed by atoms with E-state index in [1.54, 1.807) is 18.3 Å². The second kappa shape index (κ2) is 15.9. The van der Waals surface area contributed by atoms with Gasteiger partial charge >= 0.3 is 24.3 Å². The maximum atomic E-state index is 14.9. The van der Waals surface area contributed by atoms with Gasteiger partial charge in [-0.15, -0.1) is 0 Å². The Morgan fingerprint density at radius 2 is 1.65 bits per heavy atom. The smallest absolute Gasteiger partial charge is 0.490 e. The van der Waals surface area contributed by atoms with E-state index < -0.39 is 36.0 Å². The highest BCUT2D eigenvalue weighted by Crippen LogP contribution is 2.35. The maximum Gasteiger partial charge on any atom is 0.490 e. The number of carbonyl (C=O) groups is 3. The van der Waals surface area contributed by atoms with Crippen LogP contribution in [0.3, 0.4) is 0 Å². The number of benzene rings is 2. The monoisotopic (exact) mass is 670 g/mol. The van der Waals surface area contributed by atoms with E-state index >= 15 is 0 Å². The first-order valence-corrected chi connectivity index (χ1v) is 12.7. The predicted molar refractivity (Wildman–Crippen MR) is 143 cm³/mol. The van der Waals surface area contributed by atoms with Gasteiger partial charge in [0, 0.05) is 29.9 Å². The summed E-state index contributed by atoms with van der Waals surface area (Å²) in [5.41, 5.74) is 1.73. The molecule has 0 spiro atoms. The Morgan fingerprint density at radius 1 is 1.04 bits per heavy atom. The number of halogens is 8. The van der Waals surface area contributed by atoms with Crippen LogP contribution in [0.15, 0.2) is 42.7 Å². The number of carboxylic acids is 2. The van der Waals surface area contributed by atoms with Gasteiger partial charge in [0.25, 0.3) is 0 Å². The summed E-state index contributed by atoms with van der Waals surface area (Å²) in [6.07, 6.45) is -6.75. The fourth-order valence-corrected chi connectivity index (χ4v) is 3.49. The average molecular weight is 671 g/mol. The lowest BCUT2D eigenvalue weighted by molar-refractivity contribution is -0.193. The zero-order chi connectivity index (χ0) is 34.8. The second-order valence-electron chi connectivity index (χ2n) is 9.53. The van der Waals surface area contributed by atoms with Crippen LogP contribution >= 0.6 is 0 Å². The Labute approximate surface area is 254 Å². The van der Waals surface area contributed by atoms with Crippen LogP contribution in [0, 0.1) is 17.6 Å². The van der Waals surface area contributed by atoms with Crippen molar-refractivity contribution in [3.8, 4) is 22.6 Å². The van der Waals surface area contributed by atoms with Gasteiger partial charge in [-0.1, -0.05) is 0 Å². The number of hydrogen-bond acceptors (Lipinski definition) is 7.